The summed E-state index contributed by atoms with van der Waals surface area (Å²) in [6.07, 6.45) is 4.62. The number of nitrogens with zero attached hydrogens (tertiary/aromatic N) is 2. The summed E-state index contributed by atoms with van der Waals surface area (Å²) in [6.45, 7) is 9.10. The average molecular weight is 271 g/mol. The predicted molar refractivity (Wildman–Crippen MR) is 81.6 cm³/mol. The molecule has 1 rings (SSSR count). The maximum absolute atomic E-state index is 9.54. The molecule has 1 saturated heterocycles. The minimum Gasteiger partial charge on any atom is -0.394 e. The highest BCUT2D eigenvalue weighted by Crippen LogP contribution is 2.16. The Hall–Kier alpha value is -0.160. The van der Waals surface area contributed by atoms with Gasteiger partial charge in [-0.25, -0.2) is 0 Å². The fraction of sp³-hybridized carbons (Fsp3) is 1.00. The van der Waals surface area contributed by atoms with Crippen LogP contribution in [0.1, 0.15) is 39.5 Å². The van der Waals surface area contributed by atoms with Crippen LogP contribution >= 0.6 is 0 Å². The Balaban J connectivity index is 2.22. The van der Waals surface area contributed by atoms with Crippen LogP contribution in [-0.4, -0.2) is 73.4 Å². The van der Waals surface area contributed by atoms with Gasteiger partial charge in [-0.3, -0.25) is 0 Å². The molecule has 2 N–H and O–H groups in total. The Labute approximate surface area is 119 Å². The van der Waals surface area contributed by atoms with Crippen molar-refractivity contribution in [2.75, 3.05) is 46.9 Å². The largest absolute Gasteiger partial charge is 0.394 e. The molecule has 0 aromatic carbocycles. The molecule has 0 saturated carbocycles. The minimum absolute atomic E-state index is 0.101. The van der Waals surface area contributed by atoms with Crippen molar-refractivity contribution in [1.29, 1.82) is 0 Å². The van der Waals surface area contributed by atoms with Crippen LogP contribution < -0.4 is 5.32 Å². The zero-order chi connectivity index (χ0) is 14.3. The topological polar surface area (TPSA) is 38.7 Å². The van der Waals surface area contributed by atoms with Gasteiger partial charge in [-0.1, -0.05) is 6.92 Å². The highest BCUT2D eigenvalue weighted by molar-refractivity contribution is 4.84. The molecule has 4 heteroatoms. The number of hydrogen-bond donors (Lipinski definition) is 2. The van der Waals surface area contributed by atoms with Crippen molar-refractivity contribution in [3.63, 3.8) is 0 Å². The number of aliphatic hydroxyl groups is 1. The van der Waals surface area contributed by atoms with E-state index in [4.69, 9.17) is 0 Å². The minimum atomic E-state index is -0.101. The van der Waals surface area contributed by atoms with Crippen LogP contribution in [0.2, 0.25) is 0 Å². The Morgan fingerprint density at radius 2 is 2.16 bits per heavy atom. The summed E-state index contributed by atoms with van der Waals surface area (Å²) in [7, 11) is 4.34. The molecule has 1 aliphatic heterocycles. The van der Waals surface area contributed by atoms with Crippen molar-refractivity contribution in [1.82, 2.24) is 15.1 Å². The summed E-state index contributed by atoms with van der Waals surface area (Å²) in [5, 5.41) is 13.0. The summed E-state index contributed by atoms with van der Waals surface area (Å²) in [5.41, 5.74) is -0.101. The van der Waals surface area contributed by atoms with Crippen LogP contribution in [0, 0.1) is 0 Å². The zero-order valence-corrected chi connectivity index (χ0v) is 13.3. The highest BCUT2D eigenvalue weighted by Gasteiger charge is 2.25. The first-order chi connectivity index (χ1) is 9.00. The van der Waals surface area contributed by atoms with Crippen LogP contribution in [0.5, 0.6) is 0 Å². The predicted octanol–water partition coefficient (Wildman–Crippen LogP) is 1.15. The van der Waals surface area contributed by atoms with Crippen molar-refractivity contribution in [3.05, 3.63) is 0 Å². The molecule has 0 aromatic rings. The summed E-state index contributed by atoms with van der Waals surface area (Å²) in [4.78, 5) is 4.89. The third-order valence-electron chi connectivity index (χ3n) is 4.33. The van der Waals surface area contributed by atoms with E-state index in [0.29, 0.717) is 0 Å². The molecular weight excluding hydrogens is 238 g/mol. The van der Waals surface area contributed by atoms with Gasteiger partial charge in [0.25, 0.3) is 0 Å². The Bertz CT molecular complexity index is 248. The van der Waals surface area contributed by atoms with Crippen molar-refractivity contribution in [3.8, 4) is 0 Å². The van der Waals surface area contributed by atoms with Crippen molar-refractivity contribution in [2.45, 2.75) is 51.1 Å². The second-order valence-corrected chi connectivity index (χ2v) is 6.46. The second kappa shape index (κ2) is 8.20. The molecule has 1 heterocycles. The Morgan fingerprint density at radius 3 is 2.68 bits per heavy atom. The summed E-state index contributed by atoms with van der Waals surface area (Å²) < 4.78 is 0. The van der Waals surface area contributed by atoms with Crippen molar-refractivity contribution in [2.24, 2.45) is 0 Å². The van der Waals surface area contributed by atoms with Gasteiger partial charge in [-0.05, 0) is 66.3 Å². The lowest BCUT2D eigenvalue weighted by Gasteiger charge is -2.30. The lowest BCUT2D eigenvalue weighted by atomic mass is 9.96. The van der Waals surface area contributed by atoms with E-state index in [0.717, 1.165) is 38.4 Å². The van der Waals surface area contributed by atoms with Gasteiger partial charge in [0.2, 0.25) is 0 Å². The lowest BCUT2D eigenvalue weighted by molar-refractivity contribution is 0.158. The smallest absolute Gasteiger partial charge is 0.0610 e. The van der Waals surface area contributed by atoms with E-state index >= 15 is 0 Å². The second-order valence-electron chi connectivity index (χ2n) is 6.46. The summed E-state index contributed by atoms with van der Waals surface area (Å²) >= 11 is 0. The molecule has 0 aromatic heterocycles. The zero-order valence-electron chi connectivity index (χ0n) is 13.3. The molecule has 1 aliphatic rings. The molecule has 0 spiro atoms. The molecule has 1 fully saturated rings. The quantitative estimate of drug-likeness (QED) is 0.660. The molecule has 0 radical (unpaired) electrons. The van der Waals surface area contributed by atoms with E-state index < -0.39 is 0 Å². The molecule has 0 aliphatic carbocycles. The van der Waals surface area contributed by atoms with E-state index in [2.05, 4.69) is 43.1 Å². The SMILES string of the molecule is CCCNC(C)(CO)CCCN1CCC(N(C)C)C1. The van der Waals surface area contributed by atoms with Gasteiger partial charge < -0.3 is 20.2 Å². The number of likely N-dealkylation sites (tertiary alicyclic amines) is 1. The standard InChI is InChI=1S/C15H33N3O/c1-5-9-16-15(2,13-19)8-6-10-18-11-7-14(12-18)17(3)4/h14,16,19H,5-13H2,1-4H3. The fourth-order valence-electron chi connectivity index (χ4n) is 2.78. The van der Waals surface area contributed by atoms with Gasteiger partial charge in [0, 0.05) is 18.1 Å². The monoisotopic (exact) mass is 271 g/mol. The lowest BCUT2D eigenvalue weighted by Crippen LogP contribution is -2.46. The van der Waals surface area contributed by atoms with Gasteiger partial charge in [0.1, 0.15) is 0 Å². The molecule has 4 nitrogen and oxygen atoms in total. The van der Waals surface area contributed by atoms with Crippen LogP contribution in [0.3, 0.4) is 0 Å². The molecule has 2 unspecified atom stereocenters. The number of rotatable bonds is 9. The van der Waals surface area contributed by atoms with Gasteiger partial charge in [0.05, 0.1) is 6.61 Å². The third kappa shape index (κ3) is 5.78. The number of nitrogens with one attached hydrogen (secondary N) is 1. The molecule has 2 atom stereocenters. The van der Waals surface area contributed by atoms with Crippen LogP contribution in [0.4, 0.5) is 0 Å². The number of aliphatic hydroxyl groups excluding tert-OH is 1. The van der Waals surface area contributed by atoms with Crippen molar-refractivity contribution < 1.29 is 5.11 Å². The van der Waals surface area contributed by atoms with E-state index in [1.807, 2.05) is 0 Å². The van der Waals surface area contributed by atoms with E-state index in [-0.39, 0.29) is 12.1 Å². The average Bonchev–Trinajstić information content (AvgIpc) is 2.85. The van der Waals surface area contributed by atoms with Gasteiger partial charge >= 0.3 is 0 Å². The molecule has 0 amide bonds. The molecular formula is C15H33N3O. The Morgan fingerprint density at radius 1 is 1.42 bits per heavy atom. The van der Waals surface area contributed by atoms with Crippen LogP contribution in [0.25, 0.3) is 0 Å². The maximum Gasteiger partial charge on any atom is 0.0610 e. The van der Waals surface area contributed by atoms with Crippen LogP contribution in [-0.2, 0) is 0 Å². The highest BCUT2D eigenvalue weighted by atomic mass is 16.3. The van der Waals surface area contributed by atoms with Crippen molar-refractivity contribution >= 4 is 0 Å². The van der Waals surface area contributed by atoms with Gasteiger partial charge in [0.15, 0.2) is 0 Å². The van der Waals surface area contributed by atoms with E-state index in [1.165, 1.54) is 19.5 Å². The van der Waals surface area contributed by atoms with Gasteiger partial charge in [-0.15, -0.1) is 0 Å². The number of likely N-dealkylation sites (N-methyl/N-ethyl adjacent to an activating group) is 1. The third-order valence-corrected chi connectivity index (χ3v) is 4.33. The number of hydrogen-bond acceptors (Lipinski definition) is 4. The first kappa shape index (κ1) is 16.9. The first-order valence-electron chi connectivity index (χ1n) is 7.75. The van der Waals surface area contributed by atoms with Crippen LogP contribution in [0.15, 0.2) is 0 Å². The maximum atomic E-state index is 9.54. The molecule has 0 bridgehead atoms. The van der Waals surface area contributed by atoms with Gasteiger partial charge in [-0.2, -0.15) is 0 Å². The fourth-order valence-corrected chi connectivity index (χ4v) is 2.78. The molecule has 19 heavy (non-hydrogen) atoms. The molecule has 114 valence electrons. The Kier molecular flexibility index (Phi) is 7.29. The first-order valence-corrected chi connectivity index (χ1v) is 7.75. The van der Waals surface area contributed by atoms with E-state index in [9.17, 15) is 5.11 Å². The normalized spacial score (nSPS) is 24.0. The van der Waals surface area contributed by atoms with E-state index in [1.54, 1.807) is 0 Å². The summed E-state index contributed by atoms with van der Waals surface area (Å²) in [5.74, 6) is 0. The summed E-state index contributed by atoms with van der Waals surface area (Å²) in [6, 6.07) is 0.724.